The molecular formula is C19H18FN3O4. The summed E-state index contributed by atoms with van der Waals surface area (Å²) < 4.78 is 18.3. The lowest BCUT2D eigenvalue weighted by Crippen LogP contribution is -2.30. The van der Waals surface area contributed by atoms with Crippen molar-refractivity contribution in [2.75, 3.05) is 29.7 Å². The zero-order valence-electron chi connectivity index (χ0n) is 14.5. The first-order chi connectivity index (χ1) is 13.0. The van der Waals surface area contributed by atoms with Gasteiger partial charge in [-0.1, -0.05) is 0 Å². The maximum absolute atomic E-state index is 13.6. The van der Waals surface area contributed by atoms with Crippen LogP contribution in [0.5, 0.6) is 0 Å². The molecule has 2 aromatic carbocycles. The van der Waals surface area contributed by atoms with Gasteiger partial charge in [0.1, 0.15) is 12.4 Å². The Bertz CT molecular complexity index is 883. The predicted octanol–water partition coefficient (Wildman–Crippen LogP) is 2.48. The minimum absolute atomic E-state index is 0.0573. The van der Waals surface area contributed by atoms with Crippen molar-refractivity contribution in [2.45, 2.75) is 12.3 Å². The molecule has 1 heterocycles. The molecule has 0 spiro atoms. The number of hydrogen-bond acceptors (Lipinski definition) is 4. The number of benzene rings is 2. The second-order valence-electron chi connectivity index (χ2n) is 6.08. The van der Waals surface area contributed by atoms with E-state index in [9.17, 15) is 18.8 Å². The number of ether oxygens (including phenoxy) is 1. The van der Waals surface area contributed by atoms with E-state index in [1.54, 1.807) is 24.3 Å². The van der Waals surface area contributed by atoms with Crippen LogP contribution in [-0.4, -0.2) is 31.4 Å². The third kappa shape index (κ3) is 4.48. The van der Waals surface area contributed by atoms with Crippen molar-refractivity contribution in [2.24, 2.45) is 0 Å². The van der Waals surface area contributed by atoms with Gasteiger partial charge in [0, 0.05) is 30.6 Å². The number of fused-ring (bicyclic) bond motifs is 1. The molecule has 0 bridgehead atoms. The van der Waals surface area contributed by atoms with Gasteiger partial charge in [-0.25, -0.2) is 4.39 Å². The first-order valence-corrected chi connectivity index (χ1v) is 8.25. The van der Waals surface area contributed by atoms with E-state index in [1.807, 2.05) is 0 Å². The van der Waals surface area contributed by atoms with Gasteiger partial charge >= 0.3 is 0 Å². The number of hydrogen-bond donors (Lipinski definition) is 3. The molecule has 2 aromatic rings. The highest BCUT2D eigenvalue weighted by molar-refractivity contribution is 6.05. The van der Waals surface area contributed by atoms with E-state index < -0.39 is 17.6 Å². The van der Waals surface area contributed by atoms with Crippen molar-refractivity contribution in [3.8, 4) is 0 Å². The van der Waals surface area contributed by atoms with Crippen LogP contribution in [0.25, 0.3) is 0 Å². The molecule has 1 aliphatic heterocycles. The van der Waals surface area contributed by atoms with E-state index in [4.69, 9.17) is 4.74 Å². The number of nitrogens with one attached hydrogen (secondary N) is 3. The SMILES string of the molecule is COCC(=O)Nc1ccc(NC(=O)C2CC(=O)Nc3ccc(F)cc32)cc1. The van der Waals surface area contributed by atoms with Crippen molar-refractivity contribution in [1.29, 1.82) is 0 Å². The van der Waals surface area contributed by atoms with E-state index in [2.05, 4.69) is 16.0 Å². The van der Waals surface area contributed by atoms with Crippen LogP contribution in [0.4, 0.5) is 21.5 Å². The molecule has 0 aromatic heterocycles. The first-order valence-electron chi connectivity index (χ1n) is 8.25. The predicted molar refractivity (Wildman–Crippen MR) is 98.0 cm³/mol. The highest BCUT2D eigenvalue weighted by atomic mass is 19.1. The Morgan fingerprint density at radius 2 is 1.81 bits per heavy atom. The lowest BCUT2D eigenvalue weighted by molar-refractivity contribution is -0.123. The normalized spacial score (nSPS) is 15.5. The summed E-state index contributed by atoms with van der Waals surface area (Å²) in [5, 5.41) is 8.00. The zero-order chi connectivity index (χ0) is 19.4. The molecule has 1 atom stereocenters. The van der Waals surface area contributed by atoms with E-state index in [-0.39, 0.29) is 24.8 Å². The summed E-state index contributed by atoms with van der Waals surface area (Å²) in [7, 11) is 1.42. The smallest absolute Gasteiger partial charge is 0.250 e. The lowest BCUT2D eigenvalue weighted by atomic mass is 9.89. The molecule has 3 rings (SSSR count). The average Bonchev–Trinajstić information content (AvgIpc) is 2.63. The minimum atomic E-state index is -0.787. The average molecular weight is 371 g/mol. The Labute approximate surface area is 154 Å². The summed E-state index contributed by atoms with van der Waals surface area (Å²) in [4.78, 5) is 36.0. The molecule has 0 saturated carbocycles. The van der Waals surface area contributed by atoms with Gasteiger partial charge < -0.3 is 20.7 Å². The number of methoxy groups -OCH3 is 1. The number of halogens is 1. The molecule has 8 heteroatoms. The molecule has 3 amide bonds. The van der Waals surface area contributed by atoms with Gasteiger partial charge in [0.05, 0.1) is 5.92 Å². The third-order valence-corrected chi connectivity index (χ3v) is 4.08. The quantitative estimate of drug-likeness (QED) is 0.752. The van der Waals surface area contributed by atoms with E-state index >= 15 is 0 Å². The third-order valence-electron chi connectivity index (χ3n) is 4.08. The van der Waals surface area contributed by atoms with E-state index in [0.717, 1.165) is 0 Å². The fraction of sp³-hybridized carbons (Fsp3) is 0.211. The van der Waals surface area contributed by atoms with Crippen molar-refractivity contribution >= 4 is 34.8 Å². The highest BCUT2D eigenvalue weighted by Gasteiger charge is 2.31. The van der Waals surface area contributed by atoms with Crippen LogP contribution in [0.1, 0.15) is 17.9 Å². The summed E-state index contributed by atoms with van der Waals surface area (Å²) >= 11 is 0. The Hall–Kier alpha value is -3.26. The largest absolute Gasteiger partial charge is 0.375 e. The molecule has 1 aliphatic rings. The van der Waals surface area contributed by atoms with Gasteiger partial charge in [0.2, 0.25) is 17.7 Å². The van der Waals surface area contributed by atoms with Gasteiger partial charge in [0.15, 0.2) is 0 Å². The molecule has 0 aliphatic carbocycles. The summed E-state index contributed by atoms with van der Waals surface area (Å²) in [6.07, 6.45) is -0.0621. The molecule has 140 valence electrons. The summed E-state index contributed by atoms with van der Waals surface area (Å²) in [5.41, 5.74) is 1.92. The van der Waals surface area contributed by atoms with Crippen LogP contribution in [-0.2, 0) is 19.1 Å². The monoisotopic (exact) mass is 371 g/mol. The maximum atomic E-state index is 13.6. The highest BCUT2D eigenvalue weighted by Crippen LogP contribution is 2.33. The van der Waals surface area contributed by atoms with Crippen LogP contribution in [0.3, 0.4) is 0 Å². The molecular weight excluding hydrogens is 353 g/mol. The van der Waals surface area contributed by atoms with Crippen molar-refractivity contribution in [3.63, 3.8) is 0 Å². The summed E-state index contributed by atoms with van der Waals surface area (Å²) in [6, 6.07) is 10.4. The molecule has 3 N–H and O–H groups in total. The minimum Gasteiger partial charge on any atom is -0.375 e. The van der Waals surface area contributed by atoms with E-state index in [0.29, 0.717) is 22.6 Å². The summed E-state index contributed by atoms with van der Waals surface area (Å²) in [6.45, 7) is -0.0573. The molecule has 0 saturated heterocycles. The van der Waals surface area contributed by atoms with Crippen LogP contribution in [0.2, 0.25) is 0 Å². The van der Waals surface area contributed by atoms with Gasteiger partial charge in [-0.05, 0) is 48.0 Å². The number of amides is 3. The fourth-order valence-electron chi connectivity index (χ4n) is 2.86. The standard InChI is InChI=1S/C19H18FN3O4/c1-27-10-18(25)21-12-3-5-13(6-4-12)22-19(26)15-9-17(24)23-16-7-2-11(20)8-14(15)16/h2-8,15H,9-10H2,1H3,(H,21,25)(H,22,26)(H,23,24). The summed E-state index contributed by atoms with van der Waals surface area (Å²) in [5.74, 6) is -2.26. The second-order valence-corrected chi connectivity index (χ2v) is 6.08. The van der Waals surface area contributed by atoms with Crippen LogP contribution >= 0.6 is 0 Å². The number of anilines is 3. The van der Waals surface area contributed by atoms with Gasteiger partial charge in [-0.2, -0.15) is 0 Å². The Morgan fingerprint density at radius 3 is 2.48 bits per heavy atom. The number of carbonyl (C=O) groups is 3. The number of rotatable bonds is 5. The molecule has 27 heavy (non-hydrogen) atoms. The lowest BCUT2D eigenvalue weighted by Gasteiger charge is -2.25. The topological polar surface area (TPSA) is 96.5 Å². The molecule has 1 unspecified atom stereocenters. The zero-order valence-corrected chi connectivity index (χ0v) is 14.5. The molecule has 7 nitrogen and oxygen atoms in total. The van der Waals surface area contributed by atoms with Crippen LogP contribution < -0.4 is 16.0 Å². The first kappa shape index (κ1) is 18.5. The van der Waals surface area contributed by atoms with Gasteiger partial charge in [0.25, 0.3) is 0 Å². The Balaban J connectivity index is 1.71. The van der Waals surface area contributed by atoms with Gasteiger partial charge in [-0.3, -0.25) is 14.4 Å². The van der Waals surface area contributed by atoms with Crippen molar-refractivity contribution in [1.82, 2.24) is 0 Å². The fourth-order valence-corrected chi connectivity index (χ4v) is 2.86. The van der Waals surface area contributed by atoms with E-state index in [1.165, 1.54) is 25.3 Å². The number of carbonyl (C=O) groups excluding carboxylic acids is 3. The van der Waals surface area contributed by atoms with Crippen LogP contribution in [0, 0.1) is 5.82 Å². The second kappa shape index (κ2) is 7.96. The molecule has 0 fully saturated rings. The van der Waals surface area contributed by atoms with Crippen LogP contribution in [0.15, 0.2) is 42.5 Å². The van der Waals surface area contributed by atoms with Crippen molar-refractivity contribution in [3.05, 3.63) is 53.8 Å². The van der Waals surface area contributed by atoms with Gasteiger partial charge in [-0.15, -0.1) is 0 Å². The Morgan fingerprint density at radius 1 is 1.15 bits per heavy atom. The molecule has 0 radical (unpaired) electrons. The maximum Gasteiger partial charge on any atom is 0.250 e. The Kier molecular flexibility index (Phi) is 5.46. The van der Waals surface area contributed by atoms with Crippen molar-refractivity contribution < 1.29 is 23.5 Å².